The van der Waals surface area contributed by atoms with Crippen molar-refractivity contribution in [3.8, 4) is 0 Å². The van der Waals surface area contributed by atoms with Crippen molar-refractivity contribution >= 4 is 0 Å². The topological polar surface area (TPSA) is 24.1 Å². The monoisotopic (exact) mass is 86.1 g/mol. The van der Waals surface area contributed by atoms with Crippen LogP contribution in [0.4, 0.5) is 0 Å². The maximum atomic E-state index is 3.17. The molecule has 1 aliphatic rings. The van der Waals surface area contributed by atoms with Gasteiger partial charge < -0.3 is 10.6 Å². The van der Waals surface area contributed by atoms with E-state index in [1.54, 1.807) is 0 Å². The van der Waals surface area contributed by atoms with E-state index in [1.165, 1.54) is 19.5 Å². The van der Waals surface area contributed by atoms with Gasteiger partial charge in [0.05, 0.1) is 0 Å². The third-order valence-electron chi connectivity index (χ3n) is 0.957. The molecule has 0 aliphatic carbocycles. The molecule has 1 saturated heterocycles. The molecule has 2 heteroatoms. The van der Waals surface area contributed by atoms with Gasteiger partial charge in [-0.25, -0.2) is 0 Å². The third-order valence-corrected chi connectivity index (χ3v) is 0.957. The van der Waals surface area contributed by atoms with Crippen LogP contribution in [0.1, 0.15) is 6.42 Å². The number of rotatable bonds is 0. The molecule has 0 amide bonds. The zero-order valence-electron chi connectivity index (χ0n) is 3.83. The van der Waals surface area contributed by atoms with E-state index in [9.17, 15) is 0 Å². The standard InChI is InChI=1S/C4H10N2/c1-2-5-4-6-3-1/h5-6H,1-4H2. The maximum absolute atomic E-state index is 3.17. The minimum atomic E-state index is 1.00. The molecular weight excluding hydrogens is 76.1 g/mol. The second-order valence-electron chi connectivity index (χ2n) is 1.53. The van der Waals surface area contributed by atoms with Crippen LogP contribution < -0.4 is 10.6 Å². The highest BCUT2D eigenvalue weighted by Crippen LogP contribution is 1.75. The fourth-order valence-corrected chi connectivity index (χ4v) is 0.604. The number of hydrogen-bond acceptors (Lipinski definition) is 2. The second kappa shape index (κ2) is 2.16. The molecule has 1 heterocycles. The molecule has 0 spiro atoms. The Bertz CT molecular complexity index is 21.0. The molecule has 6 heavy (non-hydrogen) atoms. The van der Waals surface area contributed by atoms with Crippen LogP contribution in [0.15, 0.2) is 0 Å². The predicted octanol–water partition coefficient (Wildman–Crippen LogP) is -0.473. The van der Waals surface area contributed by atoms with E-state index in [1.807, 2.05) is 0 Å². The van der Waals surface area contributed by atoms with Crippen LogP contribution in [0.2, 0.25) is 0 Å². The van der Waals surface area contributed by atoms with Gasteiger partial charge >= 0.3 is 0 Å². The lowest BCUT2D eigenvalue weighted by atomic mass is 10.4. The summed E-state index contributed by atoms with van der Waals surface area (Å²) in [5.41, 5.74) is 0. The van der Waals surface area contributed by atoms with Crippen LogP contribution in [-0.4, -0.2) is 19.8 Å². The molecular formula is C4H10N2. The Morgan fingerprint density at radius 3 is 1.83 bits per heavy atom. The van der Waals surface area contributed by atoms with Crippen LogP contribution >= 0.6 is 0 Å². The van der Waals surface area contributed by atoms with Crippen molar-refractivity contribution in [1.29, 1.82) is 0 Å². The summed E-state index contributed by atoms with van der Waals surface area (Å²) in [6, 6.07) is 0. The molecule has 1 aliphatic heterocycles. The lowest BCUT2D eigenvalue weighted by Gasteiger charge is -2.11. The highest BCUT2D eigenvalue weighted by atomic mass is 15.1. The van der Waals surface area contributed by atoms with Gasteiger partial charge in [0.2, 0.25) is 0 Å². The molecule has 1 rings (SSSR count). The predicted molar refractivity (Wildman–Crippen MR) is 25.5 cm³/mol. The fourth-order valence-electron chi connectivity index (χ4n) is 0.604. The van der Waals surface area contributed by atoms with Gasteiger partial charge in [-0.2, -0.15) is 0 Å². The van der Waals surface area contributed by atoms with Crippen molar-refractivity contribution in [2.75, 3.05) is 19.8 Å². The third kappa shape index (κ3) is 0.954. The van der Waals surface area contributed by atoms with Gasteiger partial charge in [0.1, 0.15) is 0 Å². The highest BCUT2D eigenvalue weighted by molar-refractivity contribution is 4.54. The molecule has 0 unspecified atom stereocenters. The van der Waals surface area contributed by atoms with E-state index in [4.69, 9.17) is 0 Å². The molecule has 0 bridgehead atoms. The molecule has 0 aromatic heterocycles. The summed E-state index contributed by atoms with van der Waals surface area (Å²) in [6.45, 7) is 3.38. The zero-order valence-corrected chi connectivity index (χ0v) is 3.83. The quantitative estimate of drug-likeness (QED) is 0.416. The van der Waals surface area contributed by atoms with E-state index in [0.29, 0.717) is 0 Å². The van der Waals surface area contributed by atoms with Crippen molar-refractivity contribution in [1.82, 2.24) is 10.6 Å². The van der Waals surface area contributed by atoms with E-state index in [-0.39, 0.29) is 0 Å². The van der Waals surface area contributed by atoms with Crippen LogP contribution in [-0.2, 0) is 0 Å². The van der Waals surface area contributed by atoms with Gasteiger partial charge in [0.15, 0.2) is 0 Å². The first-order chi connectivity index (χ1) is 3.00. The van der Waals surface area contributed by atoms with Gasteiger partial charge in [-0.1, -0.05) is 0 Å². The molecule has 0 radical (unpaired) electrons. The summed E-state index contributed by atoms with van der Waals surface area (Å²) >= 11 is 0. The van der Waals surface area contributed by atoms with E-state index in [0.717, 1.165) is 6.67 Å². The summed E-state index contributed by atoms with van der Waals surface area (Å²) in [7, 11) is 0. The molecule has 0 aromatic rings. The number of hydrogen-bond donors (Lipinski definition) is 2. The van der Waals surface area contributed by atoms with E-state index < -0.39 is 0 Å². The van der Waals surface area contributed by atoms with Crippen molar-refractivity contribution in [2.24, 2.45) is 0 Å². The fraction of sp³-hybridized carbons (Fsp3) is 1.00. The summed E-state index contributed by atoms with van der Waals surface area (Å²) in [6.07, 6.45) is 1.28. The van der Waals surface area contributed by atoms with Crippen molar-refractivity contribution in [3.63, 3.8) is 0 Å². The molecule has 2 nitrogen and oxygen atoms in total. The second-order valence-corrected chi connectivity index (χ2v) is 1.53. The lowest BCUT2D eigenvalue weighted by Crippen LogP contribution is -2.37. The number of nitrogens with one attached hydrogen (secondary N) is 2. The minimum absolute atomic E-state index is 1.00. The summed E-state index contributed by atoms with van der Waals surface area (Å²) in [5.74, 6) is 0. The average Bonchev–Trinajstić information content (AvgIpc) is 1.72. The van der Waals surface area contributed by atoms with Crippen molar-refractivity contribution in [2.45, 2.75) is 6.42 Å². The molecule has 0 aromatic carbocycles. The van der Waals surface area contributed by atoms with Crippen molar-refractivity contribution < 1.29 is 0 Å². The Balaban J connectivity index is 2.00. The summed E-state index contributed by atoms with van der Waals surface area (Å²) in [5, 5.41) is 6.35. The summed E-state index contributed by atoms with van der Waals surface area (Å²) in [4.78, 5) is 0. The highest BCUT2D eigenvalue weighted by Gasteiger charge is 1.91. The molecule has 36 valence electrons. The molecule has 0 saturated carbocycles. The normalized spacial score (nSPS) is 24.0. The van der Waals surface area contributed by atoms with E-state index in [2.05, 4.69) is 10.6 Å². The first-order valence-corrected chi connectivity index (χ1v) is 2.41. The van der Waals surface area contributed by atoms with Crippen LogP contribution in [0.25, 0.3) is 0 Å². The van der Waals surface area contributed by atoms with Gasteiger partial charge in [-0.15, -0.1) is 0 Å². The lowest BCUT2D eigenvalue weighted by molar-refractivity contribution is 0.496. The molecule has 0 atom stereocenters. The maximum Gasteiger partial charge on any atom is 0.0454 e. The van der Waals surface area contributed by atoms with Crippen LogP contribution in [0.3, 0.4) is 0 Å². The Hall–Kier alpha value is -0.0800. The Kier molecular flexibility index (Phi) is 1.47. The summed E-state index contributed by atoms with van der Waals surface area (Å²) < 4.78 is 0. The first kappa shape index (κ1) is 4.09. The smallest absolute Gasteiger partial charge is 0.0454 e. The largest absolute Gasteiger partial charge is 0.304 e. The Morgan fingerprint density at radius 1 is 1.00 bits per heavy atom. The van der Waals surface area contributed by atoms with Gasteiger partial charge in [0.25, 0.3) is 0 Å². The Morgan fingerprint density at radius 2 is 1.67 bits per heavy atom. The van der Waals surface area contributed by atoms with Crippen molar-refractivity contribution in [3.05, 3.63) is 0 Å². The van der Waals surface area contributed by atoms with E-state index >= 15 is 0 Å². The van der Waals surface area contributed by atoms with Gasteiger partial charge in [0, 0.05) is 6.67 Å². The molecule has 2 N–H and O–H groups in total. The van der Waals surface area contributed by atoms with Crippen LogP contribution in [0.5, 0.6) is 0 Å². The zero-order chi connectivity index (χ0) is 4.24. The Labute approximate surface area is 37.9 Å². The van der Waals surface area contributed by atoms with Crippen LogP contribution in [0, 0.1) is 0 Å². The minimum Gasteiger partial charge on any atom is -0.304 e. The van der Waals surface area contributed by atoms with Gasteiger partial charge in [-0.3, -0.25) is 0 Å². The average molecular weight is 86.1 g/mol. The molecule has 1 fully saturated rings. The SMILES string of the molecule is C1CNCNC1. The first-order valence-electron chi connectivity index (χ1n) is 2.41. The van der Waals surface area contributed by atoms with Gasteiger partial charge in [-0.05, 0) is 19.5 Å².